The number of fused-ring (bicyclic) bond motifs is 1. The Labute approximate surface area is 117 Å². The second-order valence-electron chi connectivity index (χ2n) is 5.38. The summed E-state index contributed by atoms with van der Waals surface area (Å²) in [6.07, 6.45) is 3.54. The minimum absolute atomic E-state index is 0.171. The summed E-state index contributed by atoms with van der Waals surface area (Å²) in [5.41, 5.74) is 8.99. The zero-order valence-corrected chi connectivity index (χ0v) is 11.8. The number of nitrogen functional groups attached to an aromatic ring is 1. The molecule has 1 fully saturated rings. The molecule has 0 atom stereocenters. The summed E-state index contributed by atoms with van der Waals surface area (Å²) >= 11 is 0. The van der Waals surface area contributed by atoms with Crippen LogP contribution in [0.3, 0.4) is 0 Å². The predicted octanol–water partition coefficient (Wildman–Crippen LogP) is 1.16. The number of nitrogens with two attached hydrogens (primary N) is 1. The second-order valence-corrected chi connectivity index (χ2v) is 5.38. The maximum absolute atomic E-state index is 11.6. The lowest BCUT2D eigenvalue weighted by Crippen LogP contribution is -2.28. The van der Waals surface area contributed by atoms with Gasteiger partial charge in [0.05, 0.1) is 5.39 Å². The summed E-state index contributed by atoms with van der Waals surface area (Å²) in [6.45, 7) is 5.38. The Balaban J connectivity index is 1.82. The van der Waals surface area contributed by atoms with Gasteiger partial charge in [-0.05, 0) is 32.3 Å². The van der Waals surface area contributed by atoms with Crippen LogP contribution in [0, 0.1) is 19.8 Å². The van der Waals surface area contributed by atoms with Gasteiger partial charge in [-0.1, -0.05) is 0 Å². The van der Waals surface area contributed by atoms with Crippen molar-refractivity contribution in [3.05, 3.63) is 17.6 Å². The molecule has 0 unspecified atom stereocenters. The average Bonchev–Trinajstić information content (AvgIpc) is 3.23. The number of hydrogen-bond donors (Lipinski definition) is 2. The van der Waals surface area contributed by atoms with Crippen molar-refractivity contribution in [2.45, 2.75) is 33.2 Å². The first-order valence-corrected chi connectivity index (χ1v) is 6.93. The zero-order chi connectivity index (χ0) is 14.3. The zero-order valence-electron chi connectivity index (χ0n) is 11.8. The fourth-order valence-electron chi connectivity index (χ4n) is 2.55. The van der Waals surface area contributed by atoms with Crippen molar-refractivity contribution in [1.82, 2.24) is 19.9 Å². The molecule has 2 aromatic rings. The summed E-state index contributed by atoms with van der Waals surface area (Å²) in [6, 6.07) is 0. The van der Waals surface area contributed by atoms with Crippen molar-refractivity contribution in [2.75, 3.05) is 12.3 Å². The molecule has 0 spiro atoms. The van der Waals surface area contributed by atoms with Crippen LogP contribution in [0.1, 0.15) is 24.1 Å². The molecule has 6 heteroatoms. The maximum atomic E-state index is 11.6. The Morgan fingerprint density at radius 2 is 2.20 bits per heavy atom. The van der Waals surface area contributed by atoms with Crippen LogP contribution in [0.4, 0.5) is 5.82 Å². The van der Waals surface area contributed by atoms with Gasteiger partial charge in [-0.3, -0.25) is 4.79 Å². The molecular formula is C14H19N5O. The minimum atomic E-state index is 0.171. The molecule has 0 radical (unpaired) electrons. The molecule has 1 aliphatic rings. The number of aryl methyl sites for hydroxylation is 1. The molecule has 0 bridgehead atoms. The van der Waals surface area contributed by atoms with E-state index in [4.69, 9.17) is 5.73 Å². The minimum Gasteiger partial charge on any atom is -0.383 e. The van der Waals surface area contributed by atoms with Crippen LogP contribution in [0.25, 0.3) is 11.0 Å². The highest BCUT2D eigenvalue weighted by atomic mass is 16.2. The van der Waals surface area contributed by atoms with Crippen molar-refractivity contribution in [2.24, 2.45) is 5.92 Å². The summed E-state index contributed by atoms with van der Waals surface area (Å²) in [4.78, 5) is 20.0. The summed E-state index contributed by atoms with van der Waals surface area (Å²) in [7, 11) is 0. The number of anilines is 1. The molecule has 2 heterocycles. The highest BCUT2D eigenvalue weighted by Gasteiger charge is 2.29. The van der Waals surface area contributed by atoms with Gasteiger partial charge in [-0.2, -0.15) is 0 Å². The van der Waals surface area contributed by atoms with Crippen molar-refractivity contribution in [3.8, 4) is 0 Å². The number of carbonyl (C=O) groups excluding carboxylic acids is 1. The van der Waals surface area contributed by atoms with Crippen molar-refractivity contribution < 1.29 is 4.79 Å². The topological polar surface area (TPSA) is 85.8 Å². The Hall–Kier alpha value is -2.11. The van der Waals surface area contributed by atoms with Gasteiger partial charge in [-0.15, -0.1) is 0 Å². The predicted molar refractivity (Wildman–Crippen MR) is 77.1 cm³/mol. The molecule has 1 amide bonds. The van der Waals surface area contributed by atoms with E-state index in [1.54, 1.807) is 0 Å². The van der Waals surface area contributed by atoms with Gasteiger partial charge in [0.1, 0.15) is 17.8 Å². The van der Waals surface area contributed by atoms with E-state index < -0.39 is 0 Å². The Bertz CT molecular complexity index is 672. The van der Waals surface area contributed by atoms with Crippen LogP contribution in [-0.4, -0.2) is 27.0 Å². The highest BCUT2D eigenvalue weighted by Crippen LogP contribution is 2.29. The van der Waals surface area contributed by atoms with E-state index in [0.29, 0.717) is 18.9 Å². The van der Waals surface area contributed by atoms with Gasteiger partial charge in [0, 0.05) is 24.7 Å². The van der Waals surface area contributed by atoms with Crippen molar-refractivity contribution >= 4 is 22.8 Å². The smallest absolute Gasteiger partial charge is 0.223 e. The molecule has 1 saturated carbocycles. The number of aromatic nitrogens is 3. The van der Waals surface area contributed by atoms with Gasteiger partial charge in [0.2, 0.25) is 5.91 Å². The van der Waals surface area contributed by atoms with Gasteiger partial charge in [0.15, 0.2) is 0 Å². The van der Waals surface area contributed by atoms with E-state index in [1.807, 2.05) is 13.8 Å². The third kappa shape index (κ3) is 2.11. The second kappa shape index (κ2) is 4.77. The third-order valence-corrected chi connectivity index (χ3v) is 4.02. The monoisotopic (exact) mass is 273 g/mol. The largest absolute Gasteiger partial charge is 0.383 e. The molecule has 0 saturated heterocycles. The molecule has 3 rings (SSSR count). The van der Waals surface area contributed by atoms with Crippen LogP contribution >= 0.6 is 0 Å². The SMILES string of the molecule is Cc1c(C)n(CCNC(=O)C2CC2)c2ncnc(N)c12. The molecule has 1 aliphatic carbocycles. The van der Waals surface area contributed by atoms with E-state index in [2.05, 4.69) is 19.9 Å². The number of rotatable bonds is 4. The van der Waals surface area contributed by atoms with E-state index in [-0.39, 0.29) is 11.8 Å². The number of nitrogens with zero attached hydrogens (tertiary/aromatic N) is 3. The van der Waals surface area contributed by atoms with E-state index in [9.17, 15) is 4.79 Å². The first kappa shape index (κ1) is 12.9. The van der Waals surface area contributed by atoms with Gasteiger partial charge in [-0.25, -0.2) is 9.97 Å². The molecule has 20 heavy (non-hydrogen) atoms. The average molecular weight is 273 g/mol. The number of nitrogens with one attached hydrogen (secondary N) is 1. The molecule has 6 nitrogen and oxygen atoms in total. The summed E-state index contributed by atoms with van der Waals surface area (Å²) < 4.78 is 2.09. The first-order valence-electron chi connectivity index (χ1n) is 6.93. The first-order chi connectivity index (χ1) is 9.59. The maximum Gasteiger partial charge on any atom is 0.223 e. The number of amides is 1. The molecule has 0 aliphatic heterocycles. The number of hydrogen-bond acceptors (Lipinski definition) is 4. The number of carbonyl (C=O) groups is 1. The van der Waals surface area contributed by atoms with Crippen molar-refractivity contribution in [1.29, 1.82) is 0 Å². The van der Waals surface area contributed by atoms with E-state index >= 15 is 0 Å². The van der Waals surface area contributed by atoms with Gasteiger partial charge in [0.25, 0.3) is 0 Å². The Morgan fingerprint density at radius 3 is 2.90 bits per heavy atom. The molecule has 106 valence electrons. The quantitative estimate of drug-likeness (QED) is 0.875. The van der Waals surface area contributed by atoms with Crippen LogP contribution < -0.4 is 11.1 Å². The lowest BCUT2D eigenvalue weighted by molar-refractivity contribution is -0.122. The summed E-state index contributed by atoms with van der Waals surface area (Å²) in [5.74, 6) is 0.929. The Kier molecular flexibility index (Phi) is 3.08. The lowest BCUT2D eigenvalue weighted by atomic mass is 10.2. The lowest BCUT2D eigenvalue weighted by Gasteiger charge is -2.09. The molecule has 0 aromatic carbocycles. The van der Waals surface area contributed by atoms with E-state index in [0.717, 1.165) is 35.1 Å². The highest BCUT2D eigenvalue weighted by molar-refractivity contribution is 5.90. The molecule has 3 N–H and O–H groups in total. The molecule has 2 aromatic heterocycles. The standard InChI is InChI=1S/C14H19N5O/c1-8-9(2)19(6-5-16-14(20)10-3-4-10)13-11(8)12(15)17-7-18-13/h7,10H,3-6H2,1-2H3,(H,16,20)(H2,15,17,18). The van der Waals surface area contributed by atoms with E-state index in [1.165, 1.54) is 6.33 Å². The fraction of sp³-hybridized carbons (Fsp3) is 0.500. The normalized spacial score (nSPS) is 14.7. The van der Waals surface area contributed by atoms with Crippen LogP contribution in [0.5, 0.6) is 0 Å². The van der Waals surface area contributed by atoms with Crippen molar-refractivity contribution in [3.63, 3.8) is 0 Å². The van der Waals surface area contributed by atoms with Gasteiger partial charge >= 0.3 is 0 Å². The fourth-order valence-corrected chi connectivity index (χ4v) is 2.55. The van der Waals surface area contributed by atoms with Crippen LogP contribution in [0.15, 0.2) is 6.33 Å². The van der Waals surface area contributed by atoms with Crippen LogP contribution in [0.2, 0.25) is 0 Å². The summed E-state index contributed by atoms with van der Waals surface area (Å²) in [5, 5.41) is 3.89. The van der Waals surface area contributed by atoms with Gasteiger partial charge < -0.3 is 15.6 Å². The Morgan fingerprint density at radius 1 is 1.45 bits per heavy atom. The van der Waals surface area contributed by atoms with Crippen LogP contribution in [-0.2, 0) is 11.3 Å². The molecular weight excluding hydrogens is 254 g/mol. The third-order valence-electron chi connectivity index (χ3n) is 4.02.